The van der Waals surface area contributed by atoms with Gasteiger partial charge in [-0.25, -0.2) is 4.39 Å². The quantitative estimate of drug-likeness (QED) is 0.581. The minimum Gasteiger partial charge on any atom is -0.274 e. The molecule has 0 unspecified atom stereocenters. The zero-order valence-electron chi connectivity index (χ0n) is 12.8. The second-order valence-electron chi connectivity index (χ2n) is 5.23. The van der Waals surface area contributed by atoms with Crippen LogP contribution < -0.4 is 0 Å². The van der Waals surface area contributed by atoms with E-state index in [1.54, 1.807) is 6.07 Å². The maximum absolute atomic E-state index is 13.9. The summed E-state index contributed by atoms with van der Waals surface area (Å²) in [5.74, 6) is 1.10. The topological polar surface area (TPSA) is 30.7 Å². The molecule has 6 heteroatoms. The Hall–Kier alpha value is -1.66. The maximum atomic E-state index is 13.9. The van der Waals surface area contributed by atoms with Crippen LogP contribution in [-0.2, 0) is 5.75 Å². The van der Waals surface area contributed by atoms with E-state index < -0.39 is 0 Å². The minimum atomic E-state index is -0.217. The normalized spacial score (nSPS) is 11.0. The molecule has 3 nitrogen and oxygen atoms in total. The molecule has 0 aliphatic rings. The zero-order chi connectivity index (χ0) is 16.4. The van der Waals surface area contributed by atoms with E-state index in [0.717, 1.165) is 21.1 Å². The number of aromatic nitrogens is 3. The lowest BCUT2D eigenvalue weighted by atomic mass is 10.2. The molecule has 1 aromatic heterocycles. The molecule has 23 heavy (non-hydrogen) atoms. The summed E-state index contributed by atoms with van der Waals surface area (Å²) in [7, 11) is 0. The van der Waals surface area contributed by atoms with Crippen molar-refractivity contribution in [2.45, 2.75) is 24.8 Å². The molecule has 0 N–H and O–H groups in total. The number of hydrogen-bond donors (Lipinski definition) is 0. The summed E-state index contributed by atoms with van der Waals surface area (Å²) < 4.78 is 16.7. The van der Waals surface area contributed by atoms with Crippen molar-refractivity contribution < 1.29 is 4.39 Å². The Morgan fingerprint density at radius 2 is 1.96 bits per heavy atom. The van der Waals surface area contributed by atoms with E-state index in [4.69, 9.17) is 0 Å². The van der Waals surface area contributed by atoms with Gasteiger partial charge in [-0.05, 0) is 49.2 Å². The predicted molar refractivity (Wildman–Crippen MR) is 94.5 cm³/mol. The van der Waals surface area contributed by atoms with Crippen LogP contribution in [0.25, 0.3) is 5.69 Å². The van der Waals surface area contributed by atoms with Crippen LogP contribution >= 0.6 is 27.7 Å². The highest BCUT2D eigenvalue weighted by Crippen LogP contribution is 2.27. The smallest absolute Gasteiger partial charge is 0.196 e. The Balaban J connectivity index is 1.87. The average Bonchev–Trinajstić information content (AvgIpc) is 2.87. The third-order valence-electron chi connectivity index (χ3n) is 3.43. The summed E-state index contributed by atoms with van der Waals surface area (Å²) in [6, 6.07) is 13.3. The number of thioether (sulfide) groups is 1. The molecule has 1 heterocycles. The summed E-state index contributed by atoms with van der Waals surface area (Å²) in [5, 5.41) is 9.15. The fourth-order valence-electron chi connectivity index (χ4n) is 2.28. The van der Waals surface area contributed by atoms with Crippen LogP contribution in [0.5, 0.6) is 0 Å². The highest BCUT2D eigenvalue weighted by atomic mass is 79.9. The van der Waals surface area contributed by atoms with E-state index in [-0.39, 0.29) is 5.82 Å². The van der Waals surface area contributed by atoms with Gasteiger partial charge in [0, 0.05) is 15.9 Å². The first-order valence-corrected chi connectivity index (χ1v) is 8.88. The monoisotopic (exact) mass is 391 g/mol. The maximum Gasteiger partial charge on any atom is 0.196 e. The number of nitrogens with zero attached hydrogens (tertiary/aromatic N) is 3. The predicted octanol–water partition coefficient (Wildman–Crippen LogP) is 5.08. The lowest BCUT2D eigenvalue weighted by molar-refractivity contribution is 0.616. The van der Waals surface area contributed by atoms with E-state index in [1.165, 1.54) is 23.4 Å². The van der Waals surface area contributed by atoms with Crippen molar-refractivity contribution in [1.82, 2.24) is 14.8 Å². The summed E-state index contributed by atoms with van der Waals surface area (Å²) >= 11 is 4.75. The van der Waals surface area contributed by atoms with Gasteiger partial charge in [-0.2, -0.15) is 0 Å². The van der Waals surface area contributed by atoms with Gasteiger partial charge in [0.25, 0.3) is 0 Å². The van der Waals surface area contributed by atoms with Gasteiger partial charge in [0.1, 0.15) is 11.6 Å². The largest absolute Gasteiger partial charge is 0.274 e. The Bertz CT molecular complexity index is 848. The van der Waals surface area contributed by atoms with Crippen LogP contribution in [0.1, 0.15) is 17.0 Å². The standard InChI is InChI=1S/C17H15BrFN3S/c1-11-4-3-5-15(8-11)22-12(2)20-21-17(22)23-10-13-6-7-14(18)9-16(13)19/h3-9H,10H2,1-2H3. The second kappa shape index (κ2) is 6.84. The van der Waals surface area contributed by atoms with Crippen molar-refractivity contribution in [3.05, 3.63) is 69.7 Å². The highest BCUT2D eigenvalue weighted by Gasteiger charge is 2.13. The SMILES string of the molecule is Cc1cccc(-n2c(C)nnc2SCc2ccc(Br)cc2F)c1. The fraction of sp³-hybridized carbons (Fsp3) is 0.176. The van der Waals surface area contributed by atoms with Gasteiger partial charge in [-0.1, -0.05) is 45.9 Å². The Morgan fingerprint density at radius 3 is 2.70 bits per heavy atom. The molecule has 0 saturated carbocycles. The first-order chi connectivity index (χ1) is 11.0. The Morgan fingerprint density at radius 1 is 1.13 bits per heavy atom. The van der Waals surface area contributed by atoms with E-state index in [9.17, 15) is 4.39 Å². The van der Waals surface area contributed by atoms with Crippen molar-refractivity contribution in [2.24, 2.45) is 0 Å². The number of hydrogen-bond acceptors (Lipinski definition) is 3. The average molecular weight is 392 g/mol. The van der Waals surface area contributed by atoms with Crippen LogP contribution in [0, 0.1) is 19.7 Å². The highest BCUT2D eigenvalue weighted by molar-refractivity contribution is 9.10. The second-order valence-corrected chi connectivity index (χ2v) is 7.09. The lowest BCUT2D eigenvalue weighted by Gasteiger charge is -2.09. The molecule has 0 atom stereocenters. The Labute approximate surface area is 147 Å². The van der Waals surface area contributed by atoms with Crippen LogP contribution in [0.2, 0.25) is 0 Å². The molecule has 0 aliphatic heterocycles. The number of halogens is 2. The third-order valence-corrected chi connectivity index (χ3v) is 4.90. The molecule has 3 aromatic rings. The van der Waals surface area contributed by atoms with Gasteiger partial charge >= 0.3 is 0 Å². The molecule has 118 valence electrons. The van der Waals surface area contributed by atoms with Gasteiger partial charge in [0.05, 0.1) is 0 Å². The van der Waals surface area contributed by atoms with Crippen LogP contribution in [0.15, 0.2) is 52.1 Å². The molecule has 0 bridgehead atoms. The molecule has 0 saturated heterocycles. The zero-order valence-corrected chi connectivity index (χ0v) is 15.2. The fourth-order valence-corrected chi connectivity index (χ4v) is 3.60. The first kappa shape index (κ1) is 16.2. The van der Waals surface area contributed by atoms with Crippen LogP contribution in [-0.4, -0.2) is 14.8 Å². The summed E-state index contributed by atoms with van der Waals surface area (Å²) in [6.07, 6.45) is 0. The molecule has 0 aliphatic carbocycles. The molecule has 0 spiro atoms. The van der Waals surface area contributed by atoms with E-state index in [2.05, 4.69) is 32.2 Å². The van der Waals surface area contributed by atoms with E-state index in [1.807, 2.05) is 42.7 Å². The summed E-state index contributed by atoms with van der Waals surface area (Å²) in [4.78, 5) is 0. The minimum absolute atomic E-state index is 0.217. The van der Waals surface area contributed by atoms with Crippen LogP contribution in [0.3, 0.4) is 0 Å². The van der Waals surface area contributed by atoms with Gasteiger partial charge in [0.15, 0.2) is 5.16 Å². The van der Waals surface area contributed by atoms with Crippen molar-refractivity contribution in [1.29, 1.82) is 0 Å². The number of rotatable bonds is 4. The van der Waals surface area contributed by atoms with Gasteiger partial charge in [-0.15, -0.1) is 10.2 Å². The summed E-state index contributed by atoms with van der Waals surface area (Å²) in [6.45, 7) is 3.97. The molecular formula is C17H15BrFN3S. The first-order valence-electron chi connectivity index (χ1n) is 7.10. The van der Waals surface area contributed by atoms with Gasteiger partial charge in [0.2, 0.25) is 0 Å². The van der Waals surface area contributed by atoms with Crippen molar-refractivity contribution >= 4 is 27.7 Å². The van der Waals surface area contributed by atoms with Crippen LogP contribution in [0.4, 0.5) is 4.39 Å². The number of benzene rings is 2. The third kappa shape index (κ3) is 3.64. The van der Waals surface area contributed by atoms with Gasteiger partial charge in [-0.3, -0.25) is 4.57 Å². The summed E-state index contributed by atoms with van der Waals surface area (Å²) in [5.41, 5.74) is 2.84. The van der Waals surface area contributed by atoms with Crippen molar-refractivity contribution in [2.75, 3.05) is 0 Å². The molecule has 0 radical (unpaired) electrons. The lowest BCUT2D eigenvalue weighted by Crippen LogP contribution is -2.00. The molecule has 0 amide bonds. The van der Waals surface area contributed by atoms with Crippen molar-refractivity contribution in [3.63, 3.8) is 0 Å². The Kier molecular flexibility index (Phi) is 4.82. The van der Waals surface area contributed by atoms with Gasteiger partial charge < -0.3 is 0 Å². The van der Waals surface area contributed by atoms with E-state index >= 15 is 0 Å². The molecule has 0 fully saturated rings. The van der Waals surface area contributed by atoms with E-state index in [0.29, 0.717) is 11.3 Å². The molecular weight excluding hydrogens is 377 g/mol. The van der Waals surface area contributed by atoms with Crippen molar-refractivity contribution in [3.8, 4) is 5.69 Å². The molecule has 3 rings (SSSR count). The molecule has 2 aromatic carbocycles. The number of aryl methyl sites for hydroxylation is 2.